The van der Waals surface area contributed by atoms with Gasteiger partial charge in [0.2, 0.25) is 0 Å². The first-order valence-corrected chi connectivity index (χ1v) is 5.16. The molecule has 3 heteroatoms. The van der Waals surface area contributed by atoms with Crippen LogP contribution in [0.2, 0.25) is 0 Å². The Kier molecular flexibility index (Phi) is 2.72. The fourth-order valence-electron chi connectivity index (χ4n) is 1.55. The van der Waals surface area contributed by atoms with Gasteiger partial charge in [-0.05, 0) is 25.5 Å². The van der Waals surface area contributed by atoms with Gasteiger partial charge in [0.1, 0.15) is 5.82 Å². The second kappa shape index (κ2) is 4.17. The van der Waals surface area contributed by atoms with E-state index >= 15 is 0 Å². The molecule has 0 aliphatic rings. The summed E-state index contributed by atoms with van der Waals surface area (Å²) in [6.45, 7) is 5.03. The molecular weight excluding hydrogens is 186 g/mol. The number of aryl methyl sites for hydroxylation is 1. The van der Waals surface area contributed by atoms with E-state index in [9.17, 15) is 0 Å². The molecule has 0 bridgehead atoms. The summed E-state index contributed by atoms with van der Waals surface area (Å²) in [4.78, 5) is 0. The highest BCUT2D eigenvalue weighted by molar-refractivity contribution is 5.63. The Balaban J connectivity index is 2.29. The first-order valence-electron chi connectivity index (χ1n) is 5.16. The minimum Gasteiger partial charge on any atom is -0.369 e. The van der Waals surface area contributed by atoms with Crippen molar-refractivity contribution < 1.29 is 0 Å². The van der Waals surface area contributed by atoms with Crippen LogP contribution in [0.25, 0.3) is 11.3 Å². The molecule has 1 aromatic heterocycles. The average Bonchev–Trinajstić information content (AvgIpc) is 2.67. The van der Waals surface area contributed by atoms with Crippen LogP contribution in [0.3, 0.4) is 0 Å². The van der Waals surface area contributed by atoms with Gasteiger partial charge in [0.25, 0.3) is 0 Å². The quantitative estimate of drug-likeness (QED) is 0.801. The predicted molar refractivity (Wildman–Crippen MR) is 62.9 cm³/mol. The Morgan fingerprint density at radius 1 is 1.33 bits per heavy atom. The summed E-state index contributed by atoms with van der Waals surface area (Å²) >= 11 is 0. The summed E-state index contributed by atoms with van der Waals surface area (Å²) in [5.41, 5.74) is 3.48. The molecule has 2 aromatic rings. The molecule has 0 aliphatic carbocycles. The zero-order valence-corrected chi connectivity index (χ0v) is 9.04. The van der Waals surface area contributed by atoms with Crippen molar-refractivity contribution in [1.29, 1.82) is 0 Å². The van der Waals surface area contributed by atoms with Crippen LogP contribution in [0.1, 0.15) is 12.5 Å². The normalized spacial score (nSPS) is 10.3. The molecule has 0 saturated heterocycles. The lowest BCUT2D eigenvalue weighted by molar-refractivity contribution is 1.07. The molecule has 1 aromatic carbocycles. The van der Waals surface area contributed by atoms with Gasteiger partial charge >= 0.3 is 0 Å². The van der Waals surface area contributed by atoms with Crippen LogP contribution in [0.15, 0.2) is 30.3 Å². The van der Waals surface area contributed by atoms with Gasteiger partial charge in [-0.3, -0.25) is 5.10 Å². The van der Waals surface area contributed by atoms with E-state index in [2.05, 4.69) is 53.6 Å². The van der Waals surface area contributed by atoms with E-state index in [0.717, 1.165) is 18.1 Å². The highest BCUT2D eigenvalue weighted by Gasteiger charge is 2.02. The molecular formula is C12H15N3. The number of hydrogen-bond donors (Lipinski definition) is 2. The summed E-state index contributed by atoms with van der Waals surface area (Å²) in [5, 5.41) is 10.4. The van der Waals surface area contributed by atoms with E-state index in [-0.39, 0.29) is 0 Å². The van der Waals surface area contributed by atoms with Crippen molar-refractivity contribution in [1.82, 2.24) is 10.2 Å². The molecule has 3 nitrogen and oxygen atoms in total. The number of benzene rings is 1. The highest BCUT2D eigenvalue weighted by Crippen LogP contribution is 2.20. The smallest absolute Gasteiger partial charge is 0.148 e. The third-order valence-corrected chi connectivity index (χ3v) is 2.26. The number of nitrogens with zero attached hydrogens (tertiary/aromatic N) is 1. The summed E-state index contributed by atoms with van der Waals surface area (Å²) < 4.78 is 0. The second-order valence-corrected chi connectivity index (χ2v) is 3.57. The third-order valence-electron chi connectivity index (χ3n) is 2.26. The lowest BCUT2D eigenvalue weighted by Gasteiger charge is -1.98. The van der Waals surface area contributed by atoms with Crippen molar-refractivity contribution in [3.8, 4) is 11.3 Å². The molecule has 0 fully saturated rings. The molecule has 0 radical (unpaired) electrons. The van der Waals surface area contributed by atoms with Crippen LogP contribution in [0.5, 0.6) is 0 Å². The van der Waals surface area contributed by atoms with Crippen molar-refractivity contribution in [2.75, 3.05) is 11.9 Å². The van der Waals surface area contributed by atoms with Crippen molar-refractivity contribution >= 4 is 5.82 Å². The fourth-order valence-corrected chi connectivity index (χ4v) is 1.55. The molecule has 0 unspecified atom stereocenters. The largest absolute Gasteiger partial charge is 0.369 e. The van der Waals surface area contributed by atoms with Crippen molar-refractivity contribution in [2.45, 2.75) is 13.8 Å². The monoisotopic (exact) mass is 201 g/mol. The number of aromatic nitrogens is 2. The molecule has 2 N–H and O–H groups in total. The first kappa shape index (κ1) is 9.77. The van der Waals surface area contributed by atoms with Gasteiger partial charge in [0.15, 0.2) is 0 Å². The summed E-state index contributed by atoms with van der Waals surface area (Å²) in [6, 6.07) is 10.4. The lowest BCUT2D eigenvalue weighted by Crippen LogP contribution is -1.95. The SMILES string of the molecule is CCNc1cc(-c2cccc(C)c2)[nH]n1. The minimum absolute atomic E-state index is 0.887. The molecule has 15 heavy (non-hydrogen) atoms. The lowest BCUT2D eigenvalue weighted by atomic mass is 10.1. The van der Waals surface area contributed by atoms with Gasteiger partial charge in [-0.1, -0.05) is 23.8 Å². The molecule has 0 saturated carbocycles. The average molecular weight is 201 g/mol. The van der Waals surface area contributed by atoms with E-state index in [1.54, 1.807) is 0 Å². The molecule has 0 amide bonds. The maximum Gasteiger partial charge on any atom is 0.148 e. The number of nitrogens with one attached hydrogen (secondary N) is 2. The Bertz CT molecular complexity index is 446. The Labute approximate surface area is 89.5 Å². The first-order chi connectivity index (χ1) is 7.29. The molecule has 1 heterocycles. The van der Waals surface area contributed by atoms with Gasteiger partial charge in [-0.2, -0.15) is 5.10 Å². The van der Waals surface area contributed by atoms with E-state index < -0.39 is 0 Å². The number of hydrogen-bond acceptors (Lipinski definition) is 2. The second-order valence-electron chi connectivity index (χ2n) is 3.57. The zero-order valence-electron chi connectivity index (χ0n) is 9.04. The van der Waals surface area contributed by atoms with Crippen LogP contribution < -0.4 is 5.32 Å². The Hall–Kier alpha value is -1.77. The number of anilines is 1. The van der Waals surface area contributed by atoms with Crippen LogP contribution >= 0.6 is 0 Å². The van der Waals surface area contributed by atoms with Crippen LogP contribution in [0.4, 0.5) is 5.82 Å². The predicted octanol–water partition coefficient (Wildman–Crippen LogP) is 2.82. The summed E-state index contributed by atoms with van der Waals surface area (Å²) in [6.07, 6.45) is 0. The van der Waals surface area contributed by atoms with Gasteiger partial charge in [-0.25, -0.2) is 0 Å². The van der Waals surface area contributed by atoms with Crippen LogP contribution in [-0.4, -0.2) is 16.7 Å². The molecule has 0 spiro atoms. The molecule has 78 valence electrons. The van der Waals surface area contributed by atoms with Gasteiger partial charge < -0.3 is 5.32 Å². The Morgan fingerprint density at radius 2 is 2.20 bits per heavy atom. The maximum absolute atomic E-state index is 4.18. The third kappa shape index (κ3) is 2.18. The van der Waals surface area contributed by atoms with Gasteiger partial charge in [0.05, 0.1) is 5.69 Å². The van der Waals surface area contributed by atoms with E-state index in [1.165, 1.54) is 11.1 Å². The van der Waals surface area contributed by atoms with Crippen molar-refractivity contribution in [3.05, 3.63) is 35.9 Å². The van der Waals surface area contributed by atoms with Gasteiger partial charge in [-0.15, -0.1) is 0 Å². The molecule has 0 atom stereocenters. The van der Waals surface area contributed by atoms with E-state index in [0.29, 0.717) is 0 Å². The van der Waals surface area contributed by atoms with E-state index in [4.69, 9.17) is 0 Å². The standard InChI is InChI=1S/C12H15N3/c1-3-13-12-8-11(14-15-12)10-6-4-5-9(2)7-10/h4-8H,3H2,1-2H3,(H2,13,14,15). The molecule has 2 rings (SSSR count). The zero-order chi connectivity index (χ0) is 10.7. The number of rotatable bonds is 3. The minimum atomic E-state index is 0.887. The molecule has 0 aliphatic heterocycles. The number of aromatic amines is 1. The van der Waals surface area contributed by atoms with Crippen molar-refractivity contribution in [3.63, 3.8) is 0 Å². The summed E-state index contributed by atoms with van der Waals surface area (Å²) in [7, 11) is 0. The van der Waals surface area contributed by atoms with Crippen LogP contribution in [-0.2, 0) is 0 Å². The highest BCUT2D eigenvalue weighted by atomic mass is 15.2. The van der Waals surface area contributed by atoms with Gasteiger partial charge in [0, 0.05) is 12.6 Å². The fraction of sp³-hybridized carbons (Fsp3) is 0.250. The maximum atomic E-state index is 4.18. The van der Waals surface area contributed by atoms with Crippen molar-refractivity contribution in [2.24, 2.45) is 0 Å². The topological polar surface area (TPSA) is 40.7 Å². The Morgan fingerprint density at radius 3 is 2.93 bits per heavy atom. The van der Waals surface area contributed by atoms with E-state index in [1.807, 2.05) is 6.07 Å². The summed E-state index contributed by atoms with van der Waals surface area (Å²) in [5.74, 6) is 0.897. The van der Waals surface area contributed by atoms with Crippen LogP contribution in [0, 0.1) is 6.92 Å². The number of H-pyrrole nitrogens is 1.